The predicted molar refractivity (Wildman–Crippen MR) is 96.0 cm³/mol. The molecule has 0 bridgehead atoms. The van der Waals surface area contributed by atoms with Crippen LogP contribution in [0.1, 0.15) is 42.6 Å². The average Bonchev–Trinajstić information content (AvgIpc) is 3.08. The van der Waals surface area contributed by atoms with Crippen molar-refractivity contribution in [2.75, 3.05) is 0 Å². The molecule has 0 saturated carbocycles. The van der Waals surface area contributed by atoms with Crippen LogP contribution in [0.4, 0.5) is 4.39 Å². The van der Waals surface area contributed by atoms with Crippen molar-refractivity contribution in [1.82, 2.24) is 15.5 Å². The summed E-state index contributed by atoms with van der Waals surface area (Å²) >= 11 is 0. The number of rotatable bonds is 4. The highest BCUT2D eigenvalue weighted by Gasteiger charge is 2.15. The highest BCUT2D eigenvalue weighted by Crippen LogP contribution is 2.22. The first-order valence-electron chi connectivity index (χ1n) is 8.30. The van der Waals surface area contributed by atoms with E-state index in [2.05, 4.69) is 36.3 Å². The molecular formula is C20H20FN3O2. The van der Waals surface area contributed by atoms with Crippen molar-refractivity contribution in [2.24, 2.45) is 0 Å². The molecule has 5 nitrogen and oxygen atoms in total. The van der Waals surface area contributed by atoms with Crippen LogP contribution < -0.4 is 5.32 Å². The quantitative estimate of drug-likeness (QED) is 0.767. The molecule has 0 unspecified atom stereocenters. The summed E-state index contributed by atoms with van der Waals surface area (Å²) < 4.78 is 18.5. The minimum Gasteiger partial charge on any atom is -0.419 e. The molecule has 1 aromatic heterocycles. The highest BCUT2D eigenvalue weighted by molar-refractivity contribution is 5.94. The van der Waals surface area contributed by atoms with Crippen LogP contribution in [-0.2, 0) is 12.0 Å². The van der Waals surface area contributed by atoms with Gasteiger partial charge in [-0.15, -0.1) is 10.2 Å². The molecule has 0 atom stereocenters. The molecule has 1 N–H and O–H groups in total. The third-order valence-electron chi connectivity index (χ3n) is 3.97. The van der Waals surface area contributed by atoms with Crippen LogP contribution >= 0.6 is 0 Å². The molecular weight excluding hydrogens is 333 g/mol. The summed E-state index contributed by atoms with van der Waals surface area (Å²) in [5, 5.41) is 10.6. The Morgan fingerprint density at radius 3 is 2.31 bits per heavy atom. The first-order chi connectivity index (χ1) is 12.3. The lowest BCUT2D eigenvalue weighted by Crippen LogP contribution is -2.23. The monoisotopic (exact) mass is 353 g/mol. The van der Waals surface area contributed by atoms with Crippen molar-refractivity contribution in [3.8, 4) is 11.5 Å². The van der Waals surface area contributed by atoms with Gasteiger partial charge in [-0.2, -0.15) is 0 Å². The third kappa shape index (κ3) is 4.14. The van der Waals surface area contributed by atoms with Crippen LogP contribution in [0.15, 0.2) is 52.9 Å². The minimum atomic E-state index is -0.335. The molecule has 2 aromatic carbocycles. The SMILES string of the molecule is CC(C)(C)c1ccc(C(=O)NCc2nnc(-c3ccc(F)cc3)o2)cc1. The molecule has 1 amide bonds. The zero-order chi connectivity index (χ0) is 18.7. The van der Waals surface area contributed by atoms with Gasteiger partial charge in [0, 0.05) is 11.1 Å². The summed E-state index contributed by atoms with van der Waals surface area (Å²) in [6, 6.07) is 13.3. The van der Waals surface area contributed by atoms with E-state index in [0.717, 1.165) is 5.56 Å². The van der Waals surface area contributed by atoms with Crippen molar-refractivity contribution >= 4 is 5.91 Å². The van der Waals surface area contributed by atoms with E-state index >= 15 is 0 Å². The topological polar surface area (TPSA) is 68.0 Å². The molecule has 0 aliphatic rings. The number of nitrogens with one attached hydrogen (secondary N) is 1. The Hall–Kier alpha value is -3.02. The van der Waals surface area contributed by atoms with Crippen molar-refractivity contribution < 1.29 is 13.6 Å². The number of nitrogens with zero attached hydrogens (tertiary/aromatic N) is 2. The molecule has 134 valence electrons. The fraction of sp³-hybridized carbons (Fsp3) is 0.250. The van der Waals surface area contributed by atoms with E-state index in [-0.39, 0.29) is 35.5 Å². The number of carbonyl (C=O) groups excluding carboxylic acids is 1. The van der Waals surface area contributed by atoms with Crippen molar-refractivity contribution in [3.05, 3.63) is 71.4 Å². The standard InChI is InChI=1S/C20H20FN3O2/c1-20(2,3)15-8-4-13(5-9-15)18(25)22-12-17-23-24-19(26-17)14-6-10-16(21)11-7-14/h4-11H,12H2,1-3H3,(H,22,25). The van der Waals surface area contributed by atoms with E-state index in [4.69, 9.17) is 4.42 Å². The number of hydrogen-bond donors (Lipinski definition) is 1. The van der Waals surface area contributed by atoms with Gasteiger partial charge in [-0.05, 0) is 47.4 Å². The molecule has 3 aromatic rings. The van der Waals surface area contributed by atoms with E-state index in [9.17, 15) is 9.18 Å². The zero-order valence-corrected chi connectivity index (χ0v) is 14.9. The molecule has 0 saturated heterocycles. The lowest BCUT2D eigenvalue weighted by atomic mass is 9.87. The van der Waals surface area contributed by atoms with E-state index < -0.39 is 0 Å². The second-order valence-electron chi connectivity index (χ2n) is 7.02. The Bertz CT molecular complexity index is 894. The van der Waals surface area contributed by atoms with Crippen molar-refractivity contribution in [3.63, 3.8) is 0 Å². The lowest BCUT2D eigenvalue weighted by molar-refractivity contribution is 0.0947. The summed E-state index contributed by atoms with van der Waals surface area (Å²) in [6.45, 7) is 6.48. The molecule has 26 heavy (non-hydrogen) atoms. The summed E-state index contributed by atoms with van der Waals surface area (Å²) in [5.74, 6) is 0.0120. The van der Waals surface area contributed by atoms with Gasteiger partial charge in [0.15, 0.2) is 0 Å². The fourth-order valence-electron chi connectivity index (χ4n) is 2.41. The zero-order valence-electron chi connectivity index (χ0n) is 14.9. The second kappa shape index (κ2) is 7.07. The van der Waals surface area contributed by atoms with Gasteiger partial charge in [-0.1, -0.05) is 32.9 Å². The summed E-state index contributed by atoms with van der Waals surface area (Å²) in [5.41, 5.74) is 2.38. The van der Waals surface area contributed by atoms with Crippen LogP contribution in [0.2, 0.25) is 0 Å². The Labute approximate surface area is 151 Å². The maximum absolute atomic E-state index is 13.0. The molecule has 0 fully saturated rings. The van der Waals surface area contributed by atoms with Crippen molar-refractivity contribution in [2.45, 2.75) is 32.7 Å². The Balaban J connectivity index is 1.62. The van der Waals surface area contributed by atoms with Crippen LogP contribution in [-0.4, -0.2) is 16.1 Å². The molecule has 0 aliphatic carbocycles. The fourth-order valence-corrected chi connectivity index (χ4v) is 2.41. The van der Waals surface area contributed by atoms with Crippen LogP contribution in [0.5, 0.6) is 0 Å². The van der Waals surface area contributed by atoms with Gasteiger partial charge in [-0.25, -0.2) is 4.39 Å². The van der Waals surface area contributed by atoms with Gasteiger partial charge in [0.2, 0.25) is 11.8 Å². The van der Waals surface area contributed by atoms with Crippen LogP contribution in [0.3, 0.4) is 0 Å². The lowest BCUT2D eigenvalue weighted by Gasteiger charge is -2.18. The molecule has 3 rings (SSSR count). The predicted octanol–water partition coefficient (Wildman–Crippen LogP) is 4.10. The second-order valence-corrected chi connectivity index (χ2v) is 7.02. The maximum Gasteiger partial charge on any atom is 0.251 e. The Kier molecular flexibility index (Phi) is 4.84. The number of amides is 1. The smallest absolute Gasteiger partial charge is 0.251 e. The number of carbonyl (C=O) groups is 1. The van der Waals surface area contributed by atoms with E-state index in [1.54, 1.807) is 24.3 Å². The number of halogens is 1. The summed E-state index contributed by atoms with van der Waals surface area (Å²) in [6.07, 6.45) is 0. The summed E-state index contributed by atoms with van der Waals surface area (Å²) in [7, 11) is 0. The third-order valence-corrected chi connectivity index (χ3v) is 3.97. The number of benzene rings is 2. The number of hydrogen-bond acceptors (Lipinski definition) is 4. The first kappa shape index (κ1) is 17.8. The van der Waals surface area contributed by atoms with E-state index in [1.165, 1.54) is 12.1 Å². The molecule has 6 heteroatoms. The first-order valence-corrected chi connectivity index (χ1v) is 8.30. The van der Waals surface area contributed by atoms with Gasteiger partial charge in [0.25, 0.3) is 5.91 Å². The molecule has 0 spiro atoms. The minimum absolute atomic E-state index is 0.0372. The number of aromatic nitrogens is 2. The van der Waals surface area contributed by atoms with Crippen molar-refractivity contribution in [1.29, 1.82) is 0 Å². The average molecular weight is 353 g/mol. The van der Waals surface area contributed by atoms with E-state index in [0.29, 0.717) is 11.1 Å². The van der Waals surface area contributed by atoms with Gasteiger partial charge < -0.3 is 9.73 Å². The molecule has 1 heterocycles. The van der Waals surface area contributed by atoms with Gasteiger partial charge in [-0.3, -0.25) is 4.79 Å². The summed E-state index contributed by atoms with van der Waals surface area (Å²) in [4.78, 5) is 12.3. The molecule has 0 aliphatic heterocycles. The van der Waals surface area contributed by atoms with Gasteiger partial charge in [0.1, 0.15) is 5.82 Å². The normalized spacial score (nSPS) is 11.4. The van der Waals surface area contributed by atoms with Gasteiger partial charge >= 0.3 is 0 Å². The highest BCUT2D eigenvalue weighted by atomic mass is 19.1. The molecule has 0 radical (unpaired) electrons. The Morgan fingerprint density at radius 1 is 1.04 bits per heavy atom. The largest absolute Gasteiger partial charge is 0.419 e. The maximum atomic E-state index is 13.0. The van der Waals surface area contributed by atoms with Crippen LogP contribution in [0.25, 0.3) is 11.5 Å². The van der Waals surface area contributed by atoms with Crippen LogP contribution in [0, 0.1) is 5.82 Å². The van der Waals surface area contributed by atoms with Gasteiger partial charge in [0.05, 0.1) is 6.54 Å². The van der Waals surface area contributed by atoms with E-state index in [1.807, 2.05) is 12.1 Å². The Morgan fingerprint density at radius 2 is 1.69 bits per heavy atom.